The lowest BCUT2D eigenvalue weighted by Gasteiger charge is -2.17. The fourth-order valence-electron chi connectivity index (χ4n) is 1.54. The Bertz CT molecular complexity index is 467. The van der Waals surface area contributed by atoms with Crippen LogP contribution in [0.4, 0.5) is 0 Å². The van der Waals surface area contributed by atoms with Crippen LogP contribution in [0.5, 0.6) is 0 Å². The molecule has 2 atom stereocenters. The lowest BCUT2D eigenvalue weighted by atomic mass is 10.1. The van der Waals surface area contributed by atoms with Crippen LogP contribution in [-0.2, 0) is 18.7 Å². The number of carboxylic acid groups (broad SMARTS) is 2. The molecule has 7 nitrogen and oxygen atoms in total. The number of hydrogen-bond acceptors (Lipinski definition) is 4. The molecule has 0 aromatic heterocycles. The fourth-order valence-corrected chi connectivity index (χ4v) is 2.89. The first-order valence-electron chi connectivity index (χ1n) is 6.40. The van der Waals surface area contributed by atoms with Crippen LogP contribution in [0, 0.1) is 5.92 Å². The molecule has 3 N–H and O–H groups in total. The van der Waals surface area contributed by atoms with E-state index in [1.165, 1.54) is 0 Å². The molecule has 8 heteroatoms. The Balaban J connectivity index is 4.63. The van der Waals surface area contributed by atoms with Crippen molar-refractivity contribution >= 4 is 19.5 Å². The molecule has 0 aromatic rings. The summed E-state index contributed by atoms with van der Waals surface area (Å²) in [6, 6.07) is 0. The van der Waals surface area contributed by atoms with Crippen molar-refractivity contribution in [1.29, 1.82) is 0 Å². The van der Waals surface area contributed by atoms with E-state index in [2.05, 4.69) is 0 Å². The molecule has 0 saturated heterocycles. The van der Waals surface area contributed by atoms with E-state index in [1.54, 1.807) is 32.1 Å². The van der Waals surface area contributed by atoms with Gasteiger partial charge in [0.05, 0.1) is 18.7 Å². The molecule has 120 valence electrons. The second kappa shape index (κ2) is 9.50. The summed E-state index contributed by atoms with van der Waals surface area (Å²) in [5, 5.41) is 17.5. The number of rotatable bonds is 10. The Kier molecular flexibility index (Phi) is 8.85. The van der Waals surface area contributed by atoms with Gasteiger partial charge in [-0.1, -0.05) is 18.2 Å². The summed E-state index contributed by atoms with van der Waals surface area (Å²) >= 11 is 0. The van der Waals surface area contributed by atoms with Gasteiger partial charge in [-0.25, -0.2) is 0 Å². The minimum Gasteiger partial charge on any atom is -0.481 e. The largest absolute Gasteiger partial charge is 0.481 e. The van der Waals surface area contributed by atoms with Crippen LogP contribution < -0.4 is 0 Å². The van der Waals surface area contributed by atoms with Crippen molar-refractivity contribution in [2.75, 3.05) is 12.8 Å². The van der Waals surface area contributed by atoms with Crippen molar-refractivity contribution in [3.05, 3.63) is 23.8 Å². The molecule has 0 aliphatic heterocycles. The van der Waals surface area contributed by atoms with Gasteiger partial charge in [0.1, 0.15) is 0 Å². The Hall–Kier alpha value is -1.43. The normalized spacial score (nSPS) is 16.6. The Morgan fingerprint density at radius 1 is 1.29 bits per heavy atom. The molecule has 2 unspecified atom stereocenters. The van der Waals surface area contributed by atoms with Crippen molar-refractivity contribution in [1.82, 2.24) is 0 Å². The second-order valence-electron chi connectivity index (χ2n) is 4.42. The molecule has 0 amide bonds. The third-order valence-corrected chi connectivity index (χ3v) is 4.13. The molecule has 0 aromatic carbocycles. The summed E-state index contributed by atoms with van der Waals surface area (Å²) in [4.78, 5) is 31.1. The summed E-state index contributed by atoms with van der Waals surface area (Å²) in [6.07, 6.45) is 3.95. The zero-order valence-electron chi connectivity index (χ0n) is 12.1. The van der Waals surface area contributed by atoms with E-state index in [1.807, 2.05) is 0 Å². The monoisotopic (exact) mass is 320 g/mol. The van der Waals surface area contributed by atoms with E-state index in [0.717, 1.165) is 0 Å². The van der Waals surface area contributed by atoms with Gasteiger partial charge >= 0.3 is 19.5 Å². The molecule has 0 bridgehead atoms. The Morgan fingerprint density at radius 3 is 2.33 bits per heavy atom. The van der Waals surface area contributed by atoms with E-state index >= 15 is 0 Å². The van der Waals surface area contributed by atoms with Crippen molar-refractivity contribution < 1.29 is 33.8 Å². The van der Waals surface area contributed by atoms with Gasteiger partial charge in [0.25, 0.3) is 0 Å². The maximum atomic E-state index is 11.9. The summed E-state index contributed by atoms with van der Waals surface area (Å²) in [6.45, 7) is 3.42. The third-order valence-electron chi connectivity index (χ3n) is 2.69. The first kappa shape index (κ1) is 19.6. The summed E-state index contributed by atoms with van der Waals surface area (Å²) in [5.41, 5.74) is 0.684. The molecule has 0 aliphatic rings. The maximum Gasteiger partial charge on any atom is 0.329 e. The lowest BCUT2D eigenvalue weighted by Crippen LogP contribution is -2.20. The quantitative estimate of drug-likeness (QED) is 0.417. The van der Waals surface area contributed by atoms with Gasteiger partial charge < -0.3 is 19.6 Å². The van der Waals surface area contributed by atoms with E-state index in [9.17, 15) is 19.0 Å². The SMILES string of the molecule is CC=CC(=CC)COP(=O)(O)CC(CCC(=O)O)C(=O)O. The van der Waals surface area contributed by atoms with Gasteiger partial charge in [0, 0.05) is 6.42 Å². The van der Waals surface area contributed by atoms with Crippen LogP contribution in [-0.4, -0.2) is 39.8 Å². The summed E-state index contributed by atoms with van der Waals surface area (Å²) in [5.74, 6) is -3.69. The van der Waals surface area contributed by atoms with Crippen LogP contribution in [0.25, 0.3) is 0 Å². The van der Waals surface area contributed by atoms with Gasteiger partial charge in [0.15, 0.2) is 0 Å². The molecule has 0 spiro atoms. The van der Waals surface area contributed by atoms with Crippen molar-refractivity contribution in [3.8, 4) is 0 Å². The van der Waals surface area contributed by atoms with Crippen LogP contribution in [0.3, 0.4) is 0 Å². The van der Waals surface area contributed by atoms with Crippen molar-refractivity contribution in [2.45, 2.75) is 26.7 Å². The fraction of sp³-hybridized carbons (Fsp3) is 0.538. The molecule has 0 radical (unpaired) electrons. The molecule has 0 fully saturated rings. The molecule has 0 aliphatic carbocycles. The molecule has 21 heavy (non-hydrogen) atoms. The van der Waals surface area contributed by atoms with Crippen LogP contribution in [0.1, 0.15) is 26.7 Å². The average molecular weight is 320 g/mol. The smallest absolute Gasteiger partial charge is 0.329 e. The maximum absolute atomic E-state index is 11.9. The number of allylic oxidation sites excluding steroid dienone is 2. The average Bonchev–Trinajstić information content (AvgIpc) is 2.38. The van der Waals surface area contributed by atoms with Crippen LogP contribution >= 0.6 is 7.60 Å². The molecule has 0 heterocycles. The number of carbonyl (C=O) groups is 2. The van der Waals surface area contributed by atoms with E-state index in [4.69, 9.17) is 14.7 Å². The highest BCUT2D eigenvalue weighted by molar-refractivity contribution is 7.52. The van der Waals surface area contributed by atoms with Gasteiger partial charge in [-0.15, -0.1) is 0 Å². The predicted octanol–water partition coefficient (Wildman–Crippen LogP) is 2.28. The topological polar surface area (TPSA) is 121 Å². The number of hydrogen-bond donors (Lipinski definition) is 3. The van der Waals surface area contributed by atoms with Crippen LogP contribution in [0.15, 0.2) is 23.8 Å². The minimum atomic E-state index is -4.10. The molecular formula is C13H21O7P. The predicted molar refractivity (Wildman–Crippen MR) is 77.2 cm³/mol. The van der Waals surface area contributed by atoms with Gasteiger partial charge in [-0.3, -0.25) is 14.2 Å². The Labute approximate surface area is 123 Å². The highest BCUT2D eigenvalue weighted by Gasteiger charge is 2.30. The number of carboxylic acids is 2. The highest BCUT2D eigenvalue weighted by Crippen LogP contribution is 2.45. The number of aliphatic carboxylic acids is 2. The van der Waals surface area contributed by atoms with Gasteiger partial charge in [-0.05, 0) is 25.8 Å². The second-order valence-corrected chi connectivity index (χ2v) is 6.32. The molecular weight excluding hydrogens is 299 g/mol. The van der Waals surface area contributed by atoms with Crippen molar-refractivity contribution in [2.24, 2.45) is 5.92 Å². The summed E-state index contributed by atoms with van der Waals surface area (Å²) in [7, 11) is -4.10. The zero-order chi connectivity index (χ0) is 16.5. The van der Waals surface area contributed by atoms with Gasteiger partial charge in [-0.2, -0.15) is 0 Å². The van der Waals surface area contributed by atoms with E-state index in [0.29, 0.717) is 5.57 Å². The zero-order valence-corrected chi connectivity index (χ0v) is 13.0. The first-order chi connectivity index (χ1) is 9.71. The minimum absolute atomic E-state index is 0.111. The van der Waals surface area contributed by atoms with Gasteiger partial charge in [0.2, 0.25) is 0 Å². The first-order valence-corrected chi connectivity index (χ1v) is 8.17. The Morgan fingerprint density at radius 2 is 1.90 bits per heavy atom. The molecule has 0 saturated carbocycles. The lowest BCUT2D eigenvalue weighted by molar-refractivity contribution is -0.142. The summed E-state index contributed by atoms with van der Waals surface area (Å²) < 4.78 is 16.8. The highest BCUT2D eigenvalue weighted by atomic mass is 31.2. The molecule has 0 rings (SSSR count). The third kappa shape index (κ3) is 9.18. The van der Waals surface area contributed by atoms with E-state index in [-0.39, 0.29) is 19.4 Å². The van der Waals surface area contributed by atoms with E-state index < -0.39 is 31.6 Å². The van der Waals surface area contributed by atoms with Crippen LogP contribution in [0.2, 0.25) is 0 Å². The standard InChI is InChI=1S/C13H21O7P/c1-3-5-10(4-2)8-20-21(18,19)9-11(13(16)17)6-7-12(14)15/h3-5,11H,6-9H2,1-2H3,(H,14,15)(H,16,17)(H,18,19). The van der Waals surface area contributed by atoms with Crippen molar-refractivity contribution in [3.63, 3.8) is 0 Å².